The summed E-state index contributed by atoms with van der Waals surface area (Å²) in [6.45, 7) is 5.28. The molecule has 0 aliphatic heterocycles. The molecule has 0 fully saturated rings. The van der Waals surface area contributed by atoms with Crippen molar-refractivity contribution in [3.05, 3.63) is 129 Å². The van der Waals surface area contributed by atoms with Gasteiger partial charge in [0, 0.05) is 29.6 Å². The lowest BCUT2D eigenvalue weighted by Crippen LogP contribution is -2.53. The lowest BCUT2D eigenvalue weighted by Gasteiger charge is -2.34. The summed E-state index contributed by atoms with van der Waals surface area (Å²) in [6.07, 6.45) is 0.229. The number of aryl methyl sites for hydroxylation is 2. The van der Waals surface area contributed by atoms with Crippen LogP contribution in [0.15, 0.2) is 102 Å². The molecule has 0 saturated carbocycles. The molecule has 4 rings (SSSR count). The number of nitrogens with zero attached hydrogens (tertiary/aromatic N) is 2. The summed E-state index contributed by atoms with van der Waals surface area (Å²) in [7, 11) is -4.22. The number of carbonyl (C=O) groups excluding carboxylic acids is 2. The third kappa shape index (κ3) is 8.20. The normalized spacial score (nSPS) is 11.9. The van der Waals surface area contributed by atoms with Crippen molar-refractivity contribution in [2.24, 2.45) is 0 Å². The SMILES string of the molecule is CCNC(=O)C(Cc1ccccc1)N(Cc1ccc(Cl)cc1)C(=O)CN(c1cc(Cl)ccc1C)S(=O)(=O)c1ccc(C)cc1. The highest BCUT2D eigenvalue weighted by Gasteiger charge is 2.35. The average molecular weight is 653 g/mol. The van der Waals surface area contributed by atoms with Gasteiger partial charge in [0.1, 0.15) is 12.6 Å². The fourth-order valence-corrected chi connectivity index (χ4v) is 6.60. The van der Waals surface area contributed by atoms with Gasteiger partial charge in [-0.2, -0.15) is 0 Å². The van der Waals surface area contributed by atoms with Crippen molar-refractivity contribution < 1.29 is 18.0 Å². The number of carbonyl (C=O) groups is 2. The Morgan fingerprint density at radius 1 is 0.818 bits per heavy atom. The zero-order valence-corrected chi connectivity index (χ0v) is 27.2. The molecular formula is C34H35Cl2N3O4S. The van der Waals surface area contributed by atoms with E-state index in [2.05, 4.69) is 5.32 Å². The smallest absolute Gasteiger partial charge is 0.264 e. The summed E-state index contributed by atoms with van der Waals surface area (Å²) in [5.74, 6) is -0.896. The fraction of sp³-hybridized carbons (Fsp3) is 0.235. The van der Waals surface area contributed by atoms with Gasteiger partial charge in [-0.05, 0) is 73.9 Å². The third-order valence-electron chi connectivity index (χ3n) is 7.22. The van der Waals surface area contributed by atoms with Crippen LogP contribution in [0.2, 0.25) is 10.0 Å². The van der Waals surface area contributed by atoms with Gasteiger partial charge in [0.15, 0.2) is 0 Å². The Labute approximate surface area is 269 Å². The van der Waals surface area contributed by atoms with Gasteiger partial charge in [-0.1, -0.05) is 89.4 Å². The van der Waals surface area contributed by atoms with Crippen molar-refractivity contribution in [2.45, 2.75) is 44.7 Å². The molecule has 1 atom stereocenters. The lowest BCUT2D eigenvalue weighted by molar-refractivity contribution is -0.140. The Morgan fingerprint density at radius 3 is 2.09 bits per heavy atom. The molecule has 0 bridgehead atoms. The summed E-state index contributed by atoms with van der Waals surface area (Å²) in [5.41, 5.74) is 3.37. The minimum atomic E-state index is -4.22. The maximum absolute atomic E-state index is 14.4. The van der Waals surface area contributed by atoms with Gasteiger partial charge in [-0.15, -0.1) is 0 Å². The van der Waals surface area contributed by atoms with Crippen LogP contribution in [0.25, 0.3) is 0 Å². The molecule has 2 amide bonds. The molecule has 44 heavy (non-hydrogen) atoms. The molecule has 230 valence electrons. The molecule has 0 aromatic heterocycles. The maximum atomic E-state index is 14.4. The monoisotopic (exact) mass is 651 g/mol. The van der Waals surface area contributed by atoms with E-state index in [1.807, 2.05) is 37.3 Å². The Balaban J connectivity index is 1.82. The summed E-state index contributed by atoms with van der Waals surface area (Å²) in [5, 5.41) is 3.71. The van der Waals surface area contributed by atoms with Gasteiger partial charge >= 0.3 is 0 Å². The Morgan fingerprint density at radius 2 is 1.45 bits per heavy atom. The molecule has 0 spiro atoms. The summed E-state index contributed by atoms with van der Waals surface area (Å²) in [4.78, 5) is 29.5. The van der Waals surface area contributed by atoms with Gasteiger partial charge in [-0.25, -0.2) is 8.42 Å². The first-order valence-electron chi connectivity index (χ1n) is 14.2. The zero-order valence-electron chi connectivity index (χ0n) is 24.8. The Bertz CT molecular complexity index is 1700. The molecule has 1 unspecified atom stereocenters. The molecule has 7 nitrogen and oxygen atoms in total. The molecule has 4 aromatic carbocycles. The van der Waals surface area contributed by atoms with E-state index in [0.717, 1.165) is 21.0 Å². The van der Waals surface area contributed by atoms with E-state index < -0.39 is 28.5 Å². The van der Waals surface area contributed by atoms with Crippen molar-refractivity contribution in [1.82, 2.24) is 10.2 Å². The molecule has 0 aliphatic carbocycles. The molecule has 0 saturated heterocycles. The highest BCUT2D eigenvalue weighted by atomic mass is 35.5. The van der Waals surface area contributed by atoms with E-state index in [4.69, 9.17) is 23.2 Å². The number of benzene rings is 4. The molecule has 0 heterocycles. The number of hydrogen-bond acceptors (Lipinski definition) is 4. The first-order valence-corrected chi connectivity index (χ1v) is 16.4. The van der Waals surface area contributed by atoms with Crippen molar-refractivity contribution in [1.29, 1.82) is 0 Å². The van der Waals surface area contributed by atoms with Crippen LogP contribution in [0.1, 0.15) is 29.2 Å². The second kappa shape index (κ2) is 14.8. The molecule has 0 radical (unpaired) electrons. The molecule has 4 aromatic rings. The Hall–Kier alpha value is -3.85. The molecule has 0 aliphatic rings. The zero-order chi connectivity index (χ0) is 31.9. The fourth-order valence-electron chi connectivity index (χ4n) is 4.83. The number of amides is 2. The van der Waals surface area contributed by atoms with Crippen LogP contribution in [0.3, 0.4) is 0 Å². The highest BCUT2D eigenvalue weighted by molar-refractivity contribution is 7.92. The first kappa shape index (κ1) is 33.1. The minimum Gasteiger partial charge on any atom is -0.355 e. The third-order valence-corrected chi connectivity index (χ3v) is 9.48. The predicted molar refractivity (Wildman–Crippen MR) is 177 cm³/mol. The largest absolute Gasteiger partial charge is 0.355 e. The Kier molecular flexibility index (Phi) is 11.1. The highest BCUT2D eigenvalue weighted by Crippen LogP contribution is 2.30. The second-order valence-electron chi connectivity index (χ2n) is 10.5. The van der Waals surface area contributed by atoms with E-state index in [-0.39, 0.29) is 29.5 Å². The minimum absolute atomic E-state index is 0.0316. The van der Waals surface area contributed by atoms with Crippen LogP contribution in [0.5, 0.6) is 0 Å². The number of sulfonamides is 1. The topological polar surface area (TPSA) is 86.8 Å². The number of likely N-dealkylation sites (N-methyl/N-ethyl adjacent to an activating group) is 1. The van der Waals surface area contributed by atoms with Crippen LogP contribution in [-0.4, -0.2) is 44.3 Å². The predicted octanol–water partition coefficient (Wildman–Crippen LogP) is 6.58. The van der Waals surface area contributed by atoms with Crippen molar-refractivity contribution in [3.8, 4) is 0 Å². The quantitative estimate of drug-likeness (QED) is 0.187. The van der Waals surface area contributed by atoms with Crippen LogP contribution >= 0.6 is 23.2 Å². The van der Waals surface area contributed by atoms with Crippen molar-refractivity contribution in [2.75, 3.05) is 17.4 Å². The van der Waals surface area contributed by atoms with Gasteiger partial charge in [-0.3, -0.25) is 13.9 Å². The van der Waals surface area contributed by atoms with Crippen molar-refractivity contribution >= 4 is 50.7 Å². The number of rotatable bonds is 12. The lowest BCUT2D eigenvalue weighted by atomic mass is 10.0. The molecular weight excluding hydrogens is 617 g/mol. The molecule has 10 heteroatoms. The van der Waals surface area contributed by atoms with E-state index in [0.29, 0.717) is 22.2 Å². The van der Waals surface area contributed by atoms with E-state index in [9.17, 15) is 18.0 Å². The average Bonchev–Trinajstić information content (AvgIpc) is 3.00. The van der Waals surface area contributed by atoms with Crippen LogP contribution in [0.4, 0.5) is 5.69 Å². The number of halogens is 2. The van der Waals surface area contributed by atoms with Crippen molar-refractivity contribution in [3.63, 3.8) is 0 Å². The number of anilines is 1. The van der Waals surface area contributed by atoms with E-state index in [1.165, 1.54) is 23.1 Å². The van der Waals surface area contributed by atoms with Gasteiger partial charge in [0.25, 0.3) is 10.0 Å². The standard InChI is InChI=1S/C34H35Cl2N3O4S/c1-4-37-34(41)32(20-26-8-6-5-7-9-26)38(22-27-13-16-28(35)17-14-27)33(40)23-39(31-21-29(36)15-12-25(31)3)44(42,43)30-18-10-24(2)11-19-30/h5-19,21,32H,4,20,22-23H2,1-3H3,(H,37,41). The summed E-state index contributed by atoms with van der Waals surface area (Å²) >= 11 is 12.5. The summed E-state index contributed by atoms with van der Waals surface area (Å²) in [6, 6.07) is 26.8. The summed E-state index contributed by atoms with van der Waals surface area (Å²) < 4.78 is 29.4. The van der Waals surface area contributed by atoms with Crippen LogP contribution in [0, 0.1) is 13.8 Å². The van der Waals surface area contributed by atoms with Gasteiger partial charge < -0.3 is 10.2 Å². The van der Waals surface area contributed by atoms with E-state index >= 15 is 0 Å². The number of hydrogen-bond donors (Lipinski definition) is 1. The second-order valence-corrected chi connectivity index (χ2v) is 13.2. The maximum Gasteiger partial charge on any atom is 0.264 e. The first-order chi connectivity index (χ1) is 21.0. The van der Waals surface area contributed by atoms with Crippen LogP contribution in [-0.2, 0) is 32.6 Å². The van der Waals surface area contributed by atoms with Gasteiger partial charge in [0.2, 0.25) is 11.8 Å². The van der Waals surface area contributed by atoms with Crippen LogP contribution < -0.4 is 9.62 Å². The number of nitrogens with one attached hydrogen (secondary N) is 1. The van der Waals surface area contributed by atoms with Gasteiger partial charge in [0.05, 0.1) is 10.6 Å². The molecule has 1 N–H and O–H groups in total. The van der Waals surface area contributed by atoms with E-state index in [1.54, 1.807) is 62.4 Å².